The first-order valence-electron chi connectivity index (χ1n) is 13.9. The number of carbonyl (C=O) groups excluding carboxylic acids is 3. The molecular formula is C33H34ClFN4O3. The highest BCUT2D eigenvalue weighted by atomic mass is 35.5. The normalized spacial score (nSPS) is 12.7. The third kappa shape index (κ3) is 7.64. The van der Waals surface area contributed by atoms with Crippen molar-refractivity contribution in [3.8, 4) is 11.1 Å². The molecule has 5 rings (SSSR count). The van der Waals surface area contributed by atoms with E-state index in [1.54, 1.807) is 31.2 Å². The number of benzene rings is 3. The number of amides is 2. The number of carbonyl (C=O) groups is 3. The Bertz CT molecular complexity index is 1510. The summed E-state index contributed by atoms with van der Waals surface area (Å²) in [5.74, 6) is -1.96. The Morgan fingerprint density at radius 1 is 0.929 bits per heavy atom. The van der Waals surface area contributed by atoms with E-state index >= 15 is 0 Å². The van der Waals surface area contributed by atoms with Crippen LogP contribution in [0.4, 0.5) is 10.1 Å². The summed E-state index contributed by atoms with van der Waals surface area (Å²) in [6.07, 6.45) is 4.91. The van der Waals surface area contributed by atoms with E-state index in [1.165, 1.54) is 18.7 Å². The number of hydrogen-bond donors (Lipinski definition) is 3. The van der Waals surface area contributed by atoms with Gasteiger partial charge in [0.1, 0.15) is 5.82 Å². The minimum absolute atomic E-state index is 0.0284. The second-order valence-corrected chi connectivity index (χ2v) is 10.5. The molecule has 2 amide bonds. The van der Waals surface area contributed by atoms with Gasteiger partial charge in [-0.05, 0) is 74.2 Å². The van der Waals surface area contributed by atoms with Gasteiger partial charge in [0.15, 0.2) is 0 Å². The van der Waals surface area contributed by atoms with E-state index in [9.17, 15) is 18.8 Å². The van der Waals surface area contributed by atoms with E-state index in [-0.39, 0.29) is 41.1 Å². The summed E-state index contributed by atoms with van der Waals surface area (Å²) in [5, 5.41) is 3.41. The molecule has 7 nitrogen and oxygen atoms in total. The summed E-state index contributed by atoms with van der Waals surface area (Å²) < 4.78 is 15.0. The smallest absolute Gasteiger partial charge is 0.253 e. The van der Waals surface area contributed by atoms with Crippen LogP contribution < -0.4 is 16.0 Å². The molecule has 1 fully saturated rings. The number of halogens is 2. The molecule has 0 aliphatic carbocycles. The number of hydrogen-bond acceptors (Lipinski definition) is 4. The van der Waals surface area contributed by atoms with Crippen LogP contribution in [0, 0.1) is 12.7 Å². The highest BCUT2D eigenvalue weighted by Crippen LogP contribution is 2.34. The SMILES string of the molecule is Cc1cccc(F)c1-c1c(C(=O)NCCC(N)=O)c[nH]c1C(=O)c1ccc(N2CCCCC2)cc1.Clc1ccccc1. The fourth-order valence-corrected chi connectivity index (χ4v) is 5.06. The third-order valence-corrected chi connectivity index (χ3v) is 7.32. The summed E-state index contributed by atoms with van der Waals surface area (Å²) in [4.78, 5) is 42.7. The zero-order chi connectivity index (χ0) is 30.1. The molecule has 0 spiro atoms. The Morgan fingerprint density at radius 3 is 2.21 bits per heavy atom. The minimum Gasteiger partial charge on any atom is -0.372 e. The van der Waals surface area contributed by atoms with Gasteiger partial charge in [0.25, 0.3) is 5.91 Å². The third-order valence-electron chi connectivity index (χ3n) is 7.06. The first kappa shape index (κ1) is 30.5. The van der Waals surface area contributed by atoms with Crippen molar-refractivity contribution in [2.75, 3.05) is 24.5 Å². The highest BCUT2D eigenvalue weighted by molar-refractivity contribution is 6.30. The molecule has 0 atom stereocenters. The second kappa shape index (κ2) is 14.5. The molecule has 218 valence electrons. The van der Waals surface area contributed by atoms with Crippen LogP contribution in [0.5, 0.6) is 0 Å². The zero-order valence-corrected chi connectivity index (χ0v) is 24.2. The molecule has 2 heterocycles. The lowest BCUT2D eigenvalue weighted by Gasteiger charge is -2.28. The van der Waals surface area contributed by atoms with Crippen molar-refractivity contribution in [1.29, 1.82) is 0 Å². The molecule has 1 saturated heterocycles. The highest BCUT2D eigenvalue weighted by Gasteiger charge is 2.27. The summed E-state index contributed by atoms with van der Waals surface area (Å²) in [6, 6.07) is 21.4. The Balaban J connectivity index is 0.000000507. The van der Waals surface area contributed by atoms with Gasteiger partial charge >= 0.3 is 0 Å². The van der Waals surface area contributed by atoms with Crippen molar-refractivity contribution in [2.45, 2.75) is 32.6 Å². The van der Waals surface area contributed by atoms with Crippen LogP contribution in [-0.2, 0) is 4.79 Å². The van der Waals surface area contributed by atoms with E-state index in [0.717, 1.165) is 36.6 Å². The monoisotopic (exact) mass is 588 g/mol. The van der Waals surface area contributed by atoms with Crippen molar-refractivity contribution in [2.24, 2.45) is 5.73 Å². The fourth-order valence-electron chi connectivity index (χ4n) is 4.92. The fraction of sp³-hybridized carbons (Fsp3) is 0.242. The van der Waals surface area contributed by atoms with E-state index in [4.69, 9.17) is 17.3 Å². The molecular weight excluding hydrogens is 555 g/mol. The van der Waals surface area contributed by atoms with Gasteiger partial charge in [-0.25, -0.2) is 4.39 Å². The van der Waals surface area contributed by atoms with Crippen molar-refractivity contribution >= 4 is 34.9 Å². The number of anilines is 1. The van der Waals surface area contributed by atoms with Crippen LogP contribution in [0.25, 0.3) is 11.1 Å². The number of aromatic nitrogens is 1. The molecule has 9 heteroatoms. The maximum atomic E-state index is 15.0. The van der Waals surface area contributed by atoms with Crippen molar-refractivity contribution in [3.05, 3.63) is 112 Å². The number of nitrogens with two attached hydrogens (primary N) is 1. The Morgan fingerprint density at radius 2 is 1.62 bits per heavy atom. The van der Waals surface area contributed by atoms with Gasteiger partial charge in [-0.3, -0.25) is 14.4 Å². The van der Waals surface area contributed by atoms with Crippen molar-refractivity contribution in [3.63, 3.8) is 0 Å². The lowest BCUT2D eigenvalue weighted by Crippen LogP contribution is -2.29. The van der Waals surface area contributed by atoms with Gasteiger partial charge in [0, 0.05) is 59.7 Å². The van der Waals surface area contributed by atoms with Gasteiger partial charge in [-0.1, -0.05) is 41.9 Å². The minimum atomic E-state index is -0.548. The van der Waals surface area contributed by atoms with Crippen LogP contribution in [0.15, 0.2) is 79.0 Å². The van der Waals surface area contributed by atoms with E-state index in [2.05, 4.69) is 15.2 Å². The molecule has 4 aromatic rings. The lowest BCUT2D eigenvalue weighted by molar-refractivity contribution is -0.117. The number of piperidine rings is 1. The largest absolute Gasteiger partial charge is 0.372 e. The predicted molar refractivity (Wildman–Crippen MR) is 164 cm³/mol. The number of rotatable bonds is 8. The number of primary amides is 1. The number of H-pyrrole nitrogens is 1. The number of aromatic amines is 1. The van der Waals surface area contributed by atoms with Crippen LogP contribution >= 0.6 is 11.6 Å². The standard InChI is InChI=1S/C27H29FN4O3.C6H5Cl/c1-17-6-5-7-21(28)23(17)24-20(27(35)30-13-12-22(29)33)16-31-25(24)26(34)18-8-10-19(11-9-18)32-14-3-2-4-15-32;7-6-4-2-1-3-5-6/h5-11,16,31H,2-4,12-15H2,1H3,(H2,29,33)(H,30,35);1-5H. The maximum Gasteiger partial charge on any atom is 0.253 e. The zero-order valence-electron chi connectivity index (χ0n) is 23.5. The Labute approximate surface area is 249 Å². The van der Waals surface area contributed by atoms with E-state index in [1.807, 2.05) is 42.5 Å². The average Bonchev–Trinajstić information content (AvgIpc) is 3.42. The quantitative estimate of drug-likeness (QED) is 0.210. The molecule has 1 aliphatic rings. The van der Waals surface area contributed by atoms with Crippen LogP contribution in [0.2, 0.25) is 5.02 Å². The van der Waals surface area contributed by atoms with Crippen LogP contribution in [0.3, 0.4) is 0 Å². The first-order valence-corrected chi connectivity index (χ1v) is 14.3. The molecule has 0 radical (unpaired) electrons. The van der Waals surface area contributed by atoms with Crippen molar-refractivity contribution < 1.29 is 18.8 Å². The van der Waals surface area contributed by atoms with Gasteiger partial charge in [0.2, 0.25) is 11.7 Å². The van der Waals surface area contributed by atoms with Gasteiger partial charge in [-0.2, -0.15) is 0 Å². The van der Waals surface area contributed by atoms with Gasteiger partial charge in [-0.15, -0.1) is 0 Å². The van der Waals surface area contributed by atoms with E-state index in [0.29, 0.717) is 11.1 Å². The summed E-state index contributed by atoms with van der Waals surface area (Å²) >= 11 is 5.54. The van der Waals surface area contributed by atoms with Crippen LogP contribution in [-0.4, -0.2) is 42.2 Å². The lowest BCUT2D eigenvalue weighted by atomic mass is 9.93. The predicted octanol–water partition coefficient (Wildman–Crippen LogP) is 6.30. The molecule has 4 N–H and O–H groups in total. The maximum absolute atomic E-state index is 15.0. The summed E-state index contributed by atoms with van der Waals surface area (Å²) in [7, 11) is 0. The number of nitrogens with one attached hydrogen (secondary N) is 2. The summed E-state index contributed by atoms with van der Waals surface area (Å²) in [6.45, 7) is 3.75. The number of aryl methyl sites for hydroxylation is 1. The molecule has 0 unspecified atom stereocenters. The number of ketones is 1. The molecule has 1 aliphatic heterocycles. The molecule has 1 aromatic heterocycles. The Hall–Kier alpha value is -4.43. The summed E-state index contributed by atoms with van der Waals surface area (Å²) in [5.41, 5.74) is 7.86. The average molecular weight is 589 g/mol. The molecule has 3 aromatic carbocycles. The molecule has 0 bridgehead atoms. The number of nitrogens with zero attached hydrogens (tertiary/aromatic N) is 1. The molecule has 0 saturated carbocycles. The van der Waals surface area contributed by atoms with Crippen molar-refractivity contribution in [1.82, 2.24) is 10.3 Å². The Kier molecular flexibility index (Phi) is 10.5. The second-order valence-electron chi connectivity index (χ2n) is 10.1. The van der Waals surface area contributed by atoms with E-state index < -0.39 is 17.6 Å². The van der Waals surface area contributed by atoms with Gasteiger partial charge < -0.3 is 20.9 Å². The first-order chi connectivity index (χ1) is 20.3. The molecule has 42 heavy (non-hydrogen) atoms. The topological polar surface area (TPSA) is 108 Å². The van der Waals surface area contributed by atoms with Crippen LogP contribution in [0.1, 0.15) is 57.7 Å². The van der Waals surface area contributed by atoms with Gasteiger partial charge in [0.05, 0.1) is 11.3 Å².